The number of carbonyl (C=O) groups is 2. The second-order valence-corrected chi connectivity index (χ2v) is 5.89. The molecule has 0 unspecified atom stereocenters. The molecule has 0 N–H and O–H groups in total. The van der Waals surface area contributed by atoms with Crippen molar-refractivity contribution < 1.29 is 18.8 Å². The predicted molar refractivity (Wildman–Crippen MR) is 93.6 cm³/mol. The Labute approximate surface area is 149 Å². The van der Waals surface area contributed by atoms with Gasteiger partial charge in [0.25, 0.3) is 11.8 Å². The monoisotopic (exact) mass is 347 g/mol. The molecule has 0 spiro atoms. The molecule has 0 fully saturated rings. The lowest BCUT2D eigenvalue weighted by Crippen LogP contribution is -2.29. The number of amides is 2. The number of imide groups is 1. The number of hydroxylamine groups is 2. The molecule has 3 aromatic rings. The zero-order chi connectivity index (χ0) is 18.1. The summed E-state index contributed by atoms with van der Waals surface area (Å²) in [5, 5.41) is 0.798. The van der Waals surface area contributed by atoms with Crippen LogP contribution in [0.5, 0.6) is 0 Å². The highest BCUT2D eigenvalue weighted by molar-refractivity contribution is 6.20. The van der Waals surface area contributed by atoms with Crippen molar-refractivity contribution in [3.05, 3.63) is 95.3 Å². The van der Waals surface area contributed by atoms with Gasteiger partial charge in [-0.2, -0.15) is 0 Å². The van der Waals surface area contributed by atoms with Crippen molar-refractivity contribution in [1.29, 1.82) is 0 Å². The average Bonchev–Trinajstić information content (AvgIpc) is 2.92. The Bertz CT molecular complexity index is 963. The maximum atomic E-state index is 13.2. The Morgan fingerprint density at radius 2 is 1.27 bits per heavy atom. The van der Waals surface area contributed by atoms with Crippen LogP contribution in [0.15, 0.2) is 72.8 Å². The van der Waals surface area contributed by atoms with Crippen molar-refractivity contribution in [3.63, 3.8) is 0 Å². The Morgan fingerprint density at radius 3 is 1.88 bits per heavy atom. The quantitative estimate of drug-likeness (QED) is 0.664. The fourth-order valence-corrected chi connectivity index (χ4v) is 2.98. The van der Waals surface area contributed by atoms with Crippen LogP contribution in [-0.4, -0.2) is 16.9 Å². The van der Waals surface area contributed by atoms with E-state index in [-0.39, 0.29) is 12.4 Å². The van der Waals surface area contributed by atoms with E-state index in [1.54, 1.807) is 36.4 Å². The Morgan fingerprint density at radius 1 is 0.731 bits per heavy atom. The predicted octanol–water partition coefficient (Wildman–Crippen LogP) is 4.22. The second kappa shape index (κ2) is 6.54. The fourth-order valence-electron chi connectivity index (χ4n) is 2.98. The molecule has 4 rings (SSSR count). The van der Waals surface area contributed by atoms with Gasteiger partial charge in [0, 0.05) is 0 Å². The minimum Gasteiger partial charge on any atom is -0.266 e. The molecule has 0 atom stereocenters. The zero-order valence-electron chi connectivity index (χ0n) is 13.7. The van der Waals surface area contributed by atoms with Crippen LogP contribution in [0, 0.1) is 5.82 Å². The van der Waals surface area contributed by atoms with Crippen molar-refractivity contribution in [3.8, 4) is 11.1 Å². The van der Waals surface area contributed by atoms with Crippen LogP contribution in [0.4, 0.5) is 4.39 Å². The first kappa shape index (κ1) is 16.2. The first-order valence-corrected chi connectivity index (χ1v) is 8.10. The molecule has 0 saturated heterocycles. The summed E-state index contributed by atoms with van der Waals surface area (Å²) in [5.74, 6) is -1.25. The van der Waals surface area contributed by atoms with E-state index >= 15 is 0 Å². The molecule has 2 amide bonds. The van der Waals surface area contributed by atoms with Crippen LogP contribution < -0.4 is 0 Å². The molecule has 4 nitrogen and oxygen atoms in total. The van der Waals surface area contributed by atoms with E-state index < -0.39 is 11.8 Å². The van der Waals surface area contributed by atoms with Gasteiger partial charge < -0.3 is 0 Å². The van der Waals surface area contributed by atoms with Gasteiger partial charge in [-0.05, 0) is 41.0 Å². The lowest BCUT2D eigenvalue weighted by Gasteiger charge is -2.15. The number of benzene rings is 3. The van der Waals surface area contributed by atoms with Gasteiger partial charge in [0.15, 0.2) is 0 Å². The lowest BCUT2D eigenvalue weighted by molar-refractivity contribution is -0.100. The fraction of sp³-hybridized carbons (Fsp3) is 0.0476. The van der Waals surface area contributed by atoms with Gasteiger partial charge in [0.05, 0.1) is 11.1 Å². The third kappa shape index (κ3) is 2.78. The Kier molecular flexibility index (Phi) is 4.07. The van der Waals surface area contributed by atoms with E-state index in [1.807, 2.05) is 24.3 Å². The van der Waals surface area contributed by atoms with Crippen molar-refractivity contribution in [2.24, 2.45) is 0 Å². The largest absolute Gasteiger partial charge is 0.285 e. The Balaban J connectivity index is 1.57. The van der Waals surface area contributed by atoms with Crippen molar-refractivity contribution >= 4 is 11.8 Å². The van der Waals surface area contributed by atoms with Gasteiger partial charge in [0.2, 0.25) is 0 Å². The van der Waals surface area contributed by atoms with Crippen LogP contribution >= 0.6 is 0 Å². The van der Waals surface area contributed by atoms with E-state index in [1.165, 1.54) is 12.1 Å². The normalized spacial score (nSPS) is 13.2. The lowest BCUT2D eigenvalue weighted by atomic mass is 10.0. The highest BCUT2D eigenvalue weighted by Gasteiger charge is 2.36. The van der Waals surface area contributed by atoms with Crippen molar-refractivity contribution in [2.75, 3.05) is 0 Å². The maximum absolute atomic E-state index is 13.2. The third-order valence-corrected chi connectivity index (χ3v) is 4.28. The molecule has 0 saturated carbocycles. The molecule has 0 aromatic heterocycles. The number of halogens is 1. The highest BCUT2D eigenvalue weighted by atomic mass is 19.1. The van der Waals surface area contributed by atoms with Gasteiger partial charge in [-0.1, -0.05) is 48.5 Å². The summed E-state index contributed by atoms with van der Waals surface area (Å²) >= 11 is 0. The molecule has 0 bridgehead atoms. The second-order valence-electron chi connectivity index (χ2n) is 5.89. The number of hydrogen-bond acceptors (Lipinski definition) is 3. The first-order chi connectivity index (χ1) is 12.6. The van der Waals surface area contributed by atoms with E-state index in [4.69, 9.17) is 4.84 Å². The number of hydrogen-bond donors (Lipinski definition) is 0. The third-order valence-electron chi connectivity index (χ3n) is 4.28. The maximum Gasteiger partial charge on any atom is 0.285 e. The van der Waals surface area contributed by atoms with Gasteiger partial charge in [-0.3, -0.25) is 14.4 Å². The molecule has 0 radical (unpaired) electrons. The van der Waals surface area contributed by atoms with E-state index in [2.05, 4.69) is 0 Å². The first-order valence-electron chi connectivity index (χ1n) is 8.10. The molecular weight excluding hydrogens is 333 g/mol. The molecule has 0 aliphatic carbocycles. The summed E-state index contributed by atoms with van der Waals surface area (Å²) in [6, 6.07) is 20.2. The van der Waals surface area contributed by atoms with E-state index in [9.17, 15) is 14.0 Å². The number of fused-ring (bicyclic) bond motifs is 1. The molecule has 26 heavy (non-hydrogen) atoms. The molecule has 3 aromatic carbocycles. The topological polar surface area (TPSA) is 46.6 Å². The molecule has 1 heterocycles. The minimum atomic E-state index is -0.468. The minimum absolute atomic E-state index is 0.0407. The van der Waals surface area contributed by atoms with E-state index in [0.717, 1.165) is 21.8 Å². The summed E-state index contributed by atoms with van der Waals surface area (Å²) in [6.07, 6.45) is 0. The summed E-state index contributed by atoms with van der Waals surface area (Å²) in [5.41, 5.74) is 3.14. The standard InChI is InChI=1S/C21H14FNO3/c22-16-11-9-14(10-12-16)17-6-2-1-5-15(17)13-26-23-20(24)18-7-3-4-8-19(18)21(23)25/h1-12H,13H2. The Hall–Kier alpha value is -3.31. The average molecular weight is 347 g/mol. The number of rotatable bonds is 4. The smallest absolute Gasteiger partial charge is 0.266 e. The SMILES string of the molecule is O=C1c2ccccc2C(=O)N1OCc1ccccc1-c1ccc(F)cc1. The zero-order valence-corrected chi connectivity index (χ0v) is 13.7. The van der Waals surface area contributed by atoms with Crippen LogP contribution in [0.1, 0.15) is 26.3 Å². The highest BCUT2D eigenvalue weighted by Crippen LogP contribution is 2.27. The summed E-state index contributed by atoms with van der Waals surface area (Å²) in [6.45, 7) is 0.0407. The number of nitrogens with zero attached hydrogens (tertiary/aromatic N) is 1. The molecule has 128 valence electrons. The van der Waals surface area contributed by atoms with Crippen LogP contribution in [0.25, 0.3) is 11.1 Å². The van der Waals surface area contributed by atoms with Gasteiger partial charge in [-0.25, -0.2) is 4.39 Å². The van der Waals surface area contributed by atoms with Crippen molar-refractivity contribution in [1.82, 2.24) is 5.06 Å². The van der Waals surface area contributed by atoms with Crippen LogP contribution in [0.2, 0.25) is 0 Å². The van der Waals surface area contributed by atoms with Gasteiger partial charge in [-0.15, -0.1) is 5.06 Å². The van der Waals surface area contributed by atoms with Crippen molar-refractivity contribution in [2.45, 2.75) is 6.61 Å². The molecular formula is C21H14FNO3. The molecule has 5 heteroatoms. The van der Waals surface area contributed by atoms with E-state index in [0.29, 0.717) is 11.1 Å². The molecule has 1 aliphatic heterocycles. The summed E-state index contributed by atoms with van der Waals surface area (Å²) in [7, 11) is 0. The molecule has 1 aliphatic rings. The number of carbonyl (C=O) groups excluding carboxylic acids is 2. The summed E-state index contributed by atoms with van der Waals surface area (Å²) < 4.78 is 13.2. The van der Waals surface area contributed by atoms with Crippen LogP contribution in [-0.2, 0) is 11.4 Å². The van der Waals surface area contributed by atoms with Gasteiger partial charge >= 0.3 is 0 Å². The summed E-state index contributed by atoms with van der Waals surface area (Å²) in [4.78, 5) is 30.3. The van der Waals surface area contributed by atoms with Gasteiger partial charge in [0.1, 0.15) is 12.4 Å². The van der Waals surface area contributed by atoms with Crippen LogP contribution in [0.3, 0.4) is 0 Å².